The first kappa shape index (κ1) is 15.0. The second-order valence-electron chi connectivity index (χ2n) is 4.91. The molecule has 0 spiro atoms. The average molecular weight is 289 g/mol. The van der Waals surface area contributed by atoms with Crippen molar-refractivity contribution in [3.8, 4) is 0 Å². The summed E-state index contributed by atoms with van der Waals surface area (Å²) in [6, 6.07) is 5.07. The molecule has 98 valence electrons. The fourth-order valence-corrected chi connectivity index (χ4v) is 1.70. The van der Waals surface area contributed by atoms with Gasteiger partial charge in [0, 0.05) is 10.6 Å². The van der Waals surface area contributed by atoms with Crippen LogP contribution < -0.4 is 5.43 Å². The molecule has 0 unspecified atom stereocenters. The van der Waals surface area contributed by atoms with Crippen LogP contribution in [-0.2, 0) is 4.79 Å². The van der Waals surface area contributed by atoms with Crippen molar-refractivity contribution in [1.82, 2.24) is 5.43 Å². The number of carbonyl (C=O) groups is 1. The maximum Gasteiger partial charge on any atom is 0.295 e. The molecular weight excluding hydrogens is 273 g/mol. The molecule has 0 atom stereocenters. The van der Waals surface area contributed by atoms with Crippen molar-refractivity contribution in [3.05, 3.63) is 33.8 Å². The van der Waals surface area contributed by atoms with Gasteiger partial charge < -0.3 is 4.48 Å². The van der Waals surface area contributed by atoms with Crippen molar-refractivity contribution in [2.24, 2.45) is 5.10 Å². The number of likely N-dealkylation sites (N-methyl/N-ethyl adjacent to an activating group) is 1. The Morgan fingerprint density at radius 1 is 1.39 bits per heavy atom. The van der Waals surface area contributed by atoms with Crippen LogP contribution in [0.5, 0.6) is 0 Å². The number of carbonyl (C=O) groups excluding carboxylic acids is 1. The molecule has 1 N–H and O–H groups in total. The van der Waals surface area contributed by atoms with E-state index in [1.807, 2.05) is 21.1 Å². The van der Waals surface area contributed by atoms with Crippen LogP contribution in [0.4, 0.5) is 0 Å². The molecule has 0 radical (unpaired) electrons. The van der Waals surface area contributed by atoms with Crippen LogP contribution in [0.3, 0.4) is 0 Å². The Morgan fingerprint density at radius 3 is 2.61 bits per heavy atom. The summed E-state index contributed by atoms with van der Waals surface area (Å²) in [5.41, 5.74) is 3.15. The van der Waals surface area contributed by atoms with Crippen LogP contribution in [0.25, 0.3) is 0 Å². The Labute approximate surface area is 117 Å². The molecule has 0 fully saturated rings. The molecule has 1 aromatic rings. The molecule has 1 amide bonds. The highest BCUT2D eigenvalue weighted by Crippen LogP contribution is 2.19. The summed E-state index contributed by atoms with van der Waals surface area (Å²) in [4.78, 5) is 11.5. The Morgan fingerprint density at radius 2 is 2.06 bits per heavy atom. The fourth-order valence-electron chi connectivity index (χ4n) is 1.25. The largest absolute Gasteiger partial charge is 0.323 e. The molecule has 1 rings (SSSR count). The van der Waals surface area contributed by atoms with Gasteiger partial charge in [-0.15, -0.1) is 0 Å². The summed E-state index contributed by atoms with van der Waals surface area (Å²) in [5, 5.41) is 4.91. The van der Waals surface area contributed by atoms with E-state index in [0.29, 0.717) is 26.6 Å². The Balaban J connectivity index is 2.58. The second-order valence-corrected chi connectivity index (χ2v) is 5.75. The Hall–Kier alpha value is -1.10. The van der Waals surface area contributed by atoms with Crippen LogP contribution in [0, 0.1) is 0 Å². The van der Waals surface area contributed by atoms with Gasteiger partial charge >= 0.3 is 0 Å². The average Bonchev–Trinajstić information content (AvgIpc) is 2.18. The molecule has 0 saturated carbocycles. The molecule has 0 aliphatic heterocycles. The number of hydrogen-bond acceptors (Lipinski definition) is 2. The quantitative estimate of drug-likeness (QED) is 0.515. The minimum absolute atomic E-state index is 0.149. The van der Waals surface area contributed by atoms with E-state index in [4.69, 9.17) is 23.2 Å². The summed E-state index contributed by atoms with van der Waals surface area (Å²) in [6.45, 7) is 0.353. The lowest BCUT2D eigenvalue weighted by molar-refractivity contribution is -0.862. The minimum atomic E-state index is -0.149. The Bertz CT molecular complexity index is 467. The van der Waals surface area contributed by atoms with E-state index in [1.165, 1.54) is 6.21 Å². The van der Waals surface area contributed by atoms with Crippen molar-refractivity contribution < 1.29 is 9.28 Å². The summed E-state index contributed by atoms with van der Waals surface area (Å²) in [7, 11) is 5.79. The zero-order chi connectivity index (χ0) is 13.8. The molecule has 18 heavy (non-hydrogen) atoms. The van der Waals surface area contributed by atoms with Gasteiger partial charge in [-0.1, -0.05) is 29.3 Å². The lowest BCUT2D eigenvalue weighted by atomic mass is 10.2. The van der Waals surface area contributed by atoms with Crippen molar-refractivity contribution in [1.29, 1.82) is 0 Å². The first-order valence-electron chi connectivity index (χ1n) is 5.35. The molecule has 0 bridgehead atoms. The van der Waals surface area contributed by atoms with Gasteiger partial charge in [0.2, 0.25) is 0 Å². The number of nitrogens with one attached hydrogen (secondary N) is 1. The topological polar surface area (TPSA) is 41.5 Å². The van der Waals surface area contributed by atoms with Crippen molar-refractivity contribution in [3.63, 3.8) is 0 Å². The molecule has 0 aliphatic rings. The highest BCUT2D eigenvalue weighted by Gasteiger charge is 2.13. The monoisotopic (exact) mass is 288 g/mol. The van der Waals surface area contributed by atoms with Crippen molar-refractivity contribution in [2.45, 2.75) is 0 Å². The Kier molecular flexibility index (Phi) is 5.14. The maximum absolute atomic E-state index is 11.5. The molecule has 0 aromatic heterocycles. The third kappa shape index (κ3) is 5.49. The number of rotatable bonds is 4. The molecule has 1 aromatic carbocycles. The van der Waals surface area contributed by atoms with Gasteiger partial charge in [0.05, 0.1) is 32.4 Å². The van der Waals surface area contributed by atoms with Crippen LogP contribution >= 0.6 is 23.2 Å². The third-order valence-corrected chi connectivity index (χ3v) is 2.54. The molecular formula is C12H16Cl2N3O+. The number of hydrazone groups is 1. The minimum Gasteiger partial charge on any atom is -0.323 e. The SMILES string of the molecule is C[N+](C)(C)CC(=O)N/N=C/c1ccc(Cl)cc1Cl. The second kappa shape index (κ2) is 6.18. The van der Waals surface area contributed by atoms with E-state index in [1.54, 1.807) is 18.2 Å². The van der Waals surface area contributed by atoms with Gasteiger partial charge in [0.1, 0.15) is 0 Å². The summed E-state index contributed by atoms with van der Waals surface area (Å²) in [6.07, 6.45) is 1.49. The zero-order valence-electron chi connectivity index (χ0n) is 10.6. The molecule has 0 heterocycles. The molecule has 0 saturated heterocycles. The number of amides is 1. The predicted molar refractivity (Wildman–Crippen MR) is 75.1 cm³/mol. The number of hydrogen-bond donors (Lipinski definition) is 1. The van der Waals surface area contributed by atoms with Gasteiger partial charge in [0.25, 0.3) is 5.91 Å². The summed E-state index contributed by atoms with van der Waals surface area (Å²) < 4.78 is 0.545. The highest BCUT2D eigenvalue weighted by atomic mass is 35.5. The first-order valence-corrected chi connectivity index (χ1v) is 6.11. The standard InChI is InChI=1S/C12H15Cl2N3O/c1-17(2,3)8-12(18)16-15-7-9-4-5-10(13)6-11(9)14/h4-7H,8H2,1-3H3/p+1/b15-7+. The van der Waals surface area contributed by atoms with E-state index in [0.717, 1.165) is 0 Å². The predicted octanol–water partition coefficient (Wildman–Crippen LogP) is 2.15. The lowest BCUT2D eigenvalue weighted by Crippen LogP contribution is -2.43. The number of nitrogens with zero attached hydrogens (tertiary/aromatic N) is 2. The molecule has 0 aliphatic carbocycles. The molecule has 6 heteroatoms. The van der Waals surface area contributed by atoms with Crippen molar-refractivity contribution in [2.75, 3.05) is 27.7 Å². The maximum atomic E-state index is 11.5. The van der Waals surface area contributed by atoms with Gasteiger partial charge in [-0.3, -0.25) is 4.79 Å². The number of benzene rings is 1. The van der Waals surface area contributed by atoms with E-state index in [-0.39, 0.29) is 5.91 Å². The van der Waals surface area contributed by atoms with E-state index in [2.05, 4.69) is 10.5 Å². The lowest BCUT2D eigenvalue weighted by Gasteiger charge is -2.21. The van der Waals surface area contributed by atoms with Gasteiger partial charge in [0.15, 0.2) is 6.54 Å². The highest BCUT2D eigenvalue weighted by molar-refractivity contribution is 6.36. The van der Waals surface area contributed by atoms with E-state index >= 15 is 0 Å². The van der Waals surface area contributed by atoms with Gasteiger partial charge in [-0.2, -0.15) is 5.10 Å². The molecule has 4 nitrogen and oxygen atoms in total. The van der Waals surface area contributed by atoms with Crippen LogP contribution in [0.1, 0.15) is 5.56 Å². The van der Waals surface area contributed by atoms with Crippen LogP contribution in [0.2, 0.25) is 10.0 Å². The van der Waals surface area contributed by atoms with Crippen LogP contribution in [0.15, 0.2) is 23.3 Å². The summed E-state index contributed by atoms with van der Waals surface area (Å²) >= 11 is 11.7. The summed E-state index contributed by atoms with van der Waals surface area (Å²) in [5.74, 6) is -0.149. The fraction of sp³-hybridized carbons (Fsp3) is 0.333. The van der Waals surface area contributed by atoms with Crippen molar-refractivity contribution >= 4 is 35.3 Å². The van der Waals surface area contributed by atoms with E-state index < -0.39 is 0 Å². The third-order valence-electron chi connectivity index (χ3n) is 1.97. The normalized spacial score (nSPS) is 11.8. The smallest absolute Gasteiger partial charge is 0.295 e. The van der Waals surface area contributed by atoms with E-state index in [9.17, 15) is 4.79 Å². The van der Waals surface area contributed by atoms with Gasteiger partial charge in [-0.05, 0) is 12.1 Å². The first-order chi connectivity index (χ1) is 8.28. The number of quaternary nitrogens is 1. The zero-order valence-corrected chi connectivity index (χ0v) is 12.1. The van der Waals surface area contributed by atoms with Crippen LogP contribution in [-0.4, -0.2) is 44.3 Å². The number of halogens is 2. The van der Waals surface area contributed by atoms with Gasteiger partial charge in [-0.25, -0.2) is 5.43 Å².